The lowest BCUT2D eigenvalue weighted by atomic mass is 10.0. The maximum Gasteiger partial charge on any atom is 0.223 e. The average Bonchev–Trinajstić information content (AvgIpc) is 3.31. The first kappa shape index (κ1) is 11.1. The number of ether oxygens (including phenoxy) is 2. The number of nitrogens with one attached hydrogen (secondary N) is 1. The van der Waals surface area contributed by atoms with Crippen molar-refractivity contribution in [1.29, 1.82) is 0 Å². The van der Waals surface area contributed by atoms with Crippen LogP contribution in [-0.2, 0) is 10.3 Å². The molecule has 4 rings (SSSR count). The van der Waals surface area contributed by atoms with E-state index in [4.69, 9.17) is 9.47 Å². The monoisotopic (exact) mass is 259 g/mol. The number of hydrogen-bond acceptors (Lipinski definition) is 3. The van der Waals surface area contributed by atoms with Gasteiger partial charge in [0.15, 0.2) is 11.5 Å². The van der Waals surface area contributed by atoms with Gasteiger partial charge in [-0.2, -0.15) is 0 Å². The first-order valence-corrected chi connectivity index (χ1v) is 6.99. The Kier molecular flexibility index (Phi) is 2.28. The average molecular weight is 259 g/mol. The van der Waals surface area contributed by atoms with E-state index >= 15 is 0 Å². The second-order valence-electron chi connectivity index (χ2n) is 5.70. The van der Waals surface area contributed by atoms with Crippen LogP contribution < -0.4 is 14.8 Å². The van der Waals surface area contributed by atoms with Crippen molar-refractivity contribution in [2.45, 2.75) is 31.2 Å². The van der Waals surface area contributed by atoms with Gasteiger partial charge in [0.05, 0.1) is 5.54 Å². The number of carbonyl (C=O) groups excluding carboxylic acids is 1. The Balaban J connectivity index is 1.59. The standard InChI is InChI=1S/C15H17NO3/c17-14(10-1-2-10)16-15(5-6-15)11-3-4-12-13(9-11)19-8-7-18-12/h3-4,9-10H,1-2,5-8H2,(H,16,17). The third-order valence-electron chi connectivity index (χ3n) is 4.16. The van der Waals surface area contributed by atoms with E-state index in [0.717, 1.165) is 42.7 Å². The lowest BCUT2D eigenvalue weighted by molar-refractivity contribution is -0.123. The fraction of sp³-hybridized carbons (Fsp3) is 0.533. The molecule has 2 aliphatic carbocycles. The van der Waals surface area contributed by atoms with Gasteiger partial charge in [0.2, 0.25) is 5.91 Å². The summed E-state index contributed by atoms with van der Waals surface area (Å²) in [6, 6.07) is 6.02. The Morgan fingerprint density at radius 2 is 1.89 bits per heavy atom. The second-order valence-corrected chi connectivity index (χ2v) is 5.70. The van der Waals surface area contributed by atoms with Crippen molar-refractivity contribution in [2.24, 2.45) is 5.92 Å². The second kappa shape index (κ2) is 3.89. The minimum atomic E-state index is -0.143. The van der Waals surface area contributed by atoms with E-state index in [1.807, 2.05) is 18.2 Å². The molecule has 3 aliphatic rings. The third-order valence-corrected chi connectivity index (χ3v) is 4.16. The third kappa shape index (κ3) is 1.95. The van der Waals surface area contributed by atoms with Crippen molar-refractivity contribution >= 4 is 5.91 Å². The van der Waals surface area contributed by atoms with Crippen LogP contribution >= 0.6 is 0 Å². The highest BCUT2D eigenvalue weighted by atomic mass is 16.6. The summed E-state index contributed by atoms with van der Waals surface area (Å²) >= 11 is 0. The lowest BCUT2D eigenvalue weighted by Gasteiger charge is -2.22. The van der Waals surface area contributed by atoms with Gasteiger partial charge in [-0.05, 0) is 43.4 Å². The van der Waals surface area contributed by atoms with Gasteiger partial charge < -0.3 is 14.8 Å². The van der Waals surface area contributed by atoms with E-state index in [9.17, 15) is 4.79 Å². The molecule has 0 saturated heterocycles. The highest BCUT2D eigenvalue weighted by molar-refractivity contribution is 5.82. The zero-order valence-electron chi connectivity index (χ0n) is 10.8. The summed E-state index contributed by atoms with van der Waals surface area (Å²) in [5.41, 5.74) is 1.00. The van der Waals surface area contributed by atoms with Crippen LogP contribution in [0.3, 0.4) is 0 Å². The molecular formula is C15H17NO3. The van der Waals surface area contributed by atoms with Gasteiger partial charge in [-0.3, -0.25) is 4.79 Å². The van der Waals surface area contributed by atoms with Crippen LogP contribution in [0.4, 0.5) is 0 Å². The number of fused-ring (bicyclic) bond motifs is 1. The van der Waals surface area contributed by atoms with Crippen LogP contribution in [0.5, 0.6) is 11.5 Å². The molecule has 2 fully saturated rings. The molecule has 1 heterocycles. The van der Waals surface area contributed by atoms with Crippen molar-refractivity contribution in [3.63, 3.8) is 0 Å². The van der Waals surface area contributed by atoms with Gasteiger partial charge in [0, 0.05) is 5.92 Å². The first-order valence-electron chi connectivity index (χ1n) is 6.99. The fourth-order valence-corrected chi connectivity index (χ4v) is 2.64. The molecule has 100 valence electrons. The molecule has 1 aromatic rings. The summed E-state index contributed by atoms with van der Waals surface area (Å²) in [5.74, 6) is 2.08. The highest BCUT2D eigenvalue weighted by Gasteiger charge is 2.48. The highest BCUT2D eigenvalue weighted by Crippen LogP contribution is 2.48. The minimum absolute atomic E-state index is 0.143. The van der Waals surface area contributed by atoms with Crippen molar-refractivity contribution < 1.29 is 14.3 Å². The van der Waals surface area contributed by atoms with E-state index < -0.39 is 0 Å². The molecule has 2 saturated carbocycles. The van der Waals surface area contributed by atoms with Crippen LogP contribution in [0.2, 0.25) is 0 Å². The van der Waals surface area contributed by atoms with Crippen LogP contribution in [0.15, 0.2) is 18.2 Å². The van der Waals surface area contributed by atoms with E-state index in [2.05, 4.69) is 5.32 Å². The molecule has 1 amide bonds. The van der Waals surface area contributed by atoms with E-state index in [0.29, 0.717) is 13.2 Å². The van der Waals surface area contributed by atoms with Crippen LogP contribution in [0, 0.1) is 5.92 Å². The largest absolute Gasteiger partial charge is 0.486 e. The van der Waals surface area contributed by atoms with Gasteiger partial charge in [0.25, 0.3) is 0 Å². The van der Waals surface area contributed by atoms with E-state index in [1.54, 1.807) is 0 Å². The Labute approximate surface area is 112 Å². The van der Waals surface area contributed by atoms with Crippen LogP contribution in [0.1, 0.15) is 31.2 Å². The molecule has 1 aliphatic heterocycles. The number of amides is 1. The molecule has 1 N–H and O–H groups in total. The maximum atomic E-state index is 12.0. The molecule has 4 heteroatoms. The predicted molar refractivity (Wildman–Crippen MR) is 69.2 cm³/mol. The Morgan fingerprint density at radius 3 is 2.58 bits per heavy atom. The Morgan fingerprint density at radius 1 is 1.16 bits per heavy atom. The summed E-state index contributed by atoms with van der Waals surface area (Å²) in [5, 5.41) is 3.22. The fourth-order valence-electron chi connectivity index (χ4n) is 2.64. The summed E-state index contributed by atoms with van der Waals surface area (Å²) in [4.78, 5) is 12.0. The van der Waals surface area contributed by atoms with Crippen LogP contribution in [0.25, 0.3) is 0 Å². The van der Waals surface area contributed by atoms with Crippen molar-refractivity contribution in [3.8, 4) is 11.5 Å². The molecule has 0 radical (unpaired) electrons. The molecule has 0 unspecified atom stereocenters. The van der Waals surface area contributed by atoms with Gasteiger partial charge in [-0.1, -0.05) is 6.07 Å². The summed E-state index contributed by atoms with van der Waals surface area (Å²) in [6.45, 7) is 1.20. The lowest BCUT2D eigenvalue weighted by Crippen LogP contribution is -2.35. The maximum absolute atomic E-state index is 12.0. The molecular weight excluding hydrogens is 242 g/mol. The first-order chi connectivity index (χ1) is 9.27. The number of rotatable bonds is 3. The Hall–Kier alpha value is -1.71. The quantitative estimate of drug-likeness (QED) is 0.902. The van der Waals surface area contributed by atoms with E-state index in [-0.39, 0.29) is 17.4 Å². The normalized spacial score (nSPS) is 22.7. The number of carbonyl (C=O) groups is 1. The van der Waals surface area contributed by atoms with Crippen molar-refractivity contribution in [1.82, 2.24) is 5.32 Å². The smallest absolute Gasteiger partial charge is 0.223 e. The Bertz CT molecular complexity index is 532. The van der Waals surface area contributed by atoms with E-state index in [1.165, 1.54) is 0 Å². The van der Waals surface area contributed by atoms with Crippen molar-refractivity contribution in [2.75, 3.05) is 13.2 Å². The molecule has 0 bridgehead atoms. The molecule has 0 spiro atoms. The van der Waals surface area contributed by atoms with Crippen molar-refractivity contribution in [3.05, 3.63) is 23.8 Å². The number of benzene rings is 1. The van der Waals surface area contributed by atoms with Gasteiger partial charge in [0.1, 0.15) is 13.2 Å². The molecule has 1 aromatic carbocycles. The molecule has 0 atom stereocenters. The molecule has 0 aromatic heterocycles. The van der Waals surface area contributed by atoms with Gasteiger partial charge in [-0.25, -0.2) is 0 Å². The zero-order chi connectivity index (χ0) is 12.9. The molecule has 19 heavy (non-hydrogen) atoms. The molecule has 4 nitrogen and oxygen atoms in total. The van der Waals surface area contributed by atoms with Gasteiger partial charge >= 0.3 is 0 Å². The SMILES string of the molecule is O=C(NC1(c2ccc3c(c2)OCCO3)CC1)C1CC1. The van der Waals surface area contributed by atoms with Gasteiger partial charge in [-0.15, -0.1) is 0 Å². The number of hydrogen-bond donors (Lipinski definition) is 1. The minimum Gasteiger partial charge on any atom is -0.486 e. The zero-order valence-corrected chi connectivity index (χ0v) is 10.8. The summed E-state index contributed by atoms with van der Waals surface area (Å²) in [7, 11) is 0. The predicted octanol–water partition coefficient (Wildman–Crippen LogP) is 1.97. The topological polar surface area (TPSA) is 47.6 Å². The summed E-state index contributed by atoms with van der Waals surface area (Å²) < 4.78 is 11.1. The summed E-state index contributed by atoms with van der Waals surface area (Å²) in [6.07, 6.45) is 4.13. The van der Waals surface area contributed by atoms with Crippen LogP contribution in [-0.4, -0.2) is 19.1 Å².